The summed E-state index contributed by atoms with van der Waals surface area (Å²) in [5.41, 5.74) is 1.19. The molecule has 1 amide bonds. The van der Waals surface area contributed by atoms with Gasteiger partial charge in [0, 0.05) is 6.54 Å². The monoisotopic (exact) mass is 418 g/mol. The van der Waals surface area contributed by atoms with Gasteiger partial charge in [-0.2, -0.15) is 17.5 Å². The van der Waals surface area contributed by atoms with E-state index in [1.807, 2.05) is 0 Å². The highest BCUT2D eigenvalue weighted by atomic mass is 32.2. The molecule has 2 aromatic carbocycles. The van der Waals surface area contributed by atoms with Crippen LogP contribution < -0.4 is 5.32 Å². The first kappa shape index (κ1) is 21.8. The van der Waals surface area contributed by atoms with Gasteiger partial charge in [0.2, 0.25) is 15.9 Å². The van der Waals surface area contributed by atoms with Gasteiger partial charge in [-0.05, 0) is 36.8 Å². The third kappa shape index (κ3) is 6.31. The number of benzene rings is 2. The van der Waals surface area contributed by atoms with Crippen LogP contribution in [-0.4, -0.2) is 37.9 Å². The Morgan fingerprint density at radius 1 is 1.04 bits per heavy atom. The summed E-state index contributed by atoms with van der Waals surface area (Å²) in [5.74, 6) is -1.63. The summed E-state index contributed by atoms with van der Waals surface area (Å²) in [5, 5.41) is 1.65. The molecule has 10 heteroatoms. The number of hydrogen-bond donors (Lipinski definition) is 1. The quantitative estimate of drug-likeness (QED) is 0.703. The lowest BCUT2D eigenvalue weighted by Crippen LogP contribution is -2.43. The number of sulfonamides is 1. The molecular weight excluding hydrogens is 400 g/mol. The van der Waals surface area contributed by atoms with Crippen molar-refractivity contribution in [2.45, 2.75) is 24.5 Å². The molecule has 0 saturated heterocycles. The molecule has 0 aliphatic rings. The summed E-state index contributed by atoms with van der Waals surface area (Å²) >= 11 is 0. The van der Waals surface area contributed by atoms with E-state index in [9.17, 15) is 30.8 Å². The molecule has 0 spiro atoms. The van der Waals surface area contributed by atoms with E-state index >= 15 is 0 Å². The molecule has 28 heavy (non-hydrogen) atoms. The number of rotatable bonds is 7. The number of halogens is 4. The van der Waals surface area contributed by atoms with Gasteiger partial charge in [0.25, 0.3) is 0 Å². The zero-order chi connectivity index (χ0) is 20.9. The van der Waals surface area contributed by atoms with Gasteiger partial charge in [-0.25, -0.2) is 12.8 Å². The van der Waals surface area contributed by atoms with Crippen molar-refractivity contribution in [1.29, 1.82) is 0 Å². The third-order valence-electron chi connectivity index (χ3n) is 3.74. The van der Waals surface area contributed by atoms with E-state index in [0.29, 0.717) is 5.56 Å². The molecule has 0 bridgehead atoms. The normalized spacial score (nSPS) is 12.2. The maximum atomic E-state index is 13.1. The molecule has 0 saturated carbocycles. The van der Waals surface area contributed by atoms with Gasteiger partial charge in [0.15, 0.2) is 0 Å². The maximum Gasteiger partial charge on any atom is 0.405 e. The number of aryl methyl sites for hydroxylation is 1. The van der Waals surface area contributed by atoms with Crippen molar-refractivity contribution in [3.8, 4) is 0 Å². The smallest absolute Gasteiger partial charge is 0.346 e. The molecule has 0 aromatic heterocycles. The first-order valence-electron chi connectivity index (χ1n) is 8.12. The molecule has 0 atom stereocenters. The van der Waals surface area contributed by atoms with Crippen molar-refractivity contribution in [1.82, 2.24) is 9.62 Å². The molecule has 0 unspecified atom stereocenters. The van der Waals surface area contributed by atoms with Crippen LogP contribution in [0, 0.1) is 12.7 Å². The number of carbonyl (C=O) groups is 1. The Morgan fingerprint density at radius 2 is 1.61 bits per heavy atom. The fraction of sp³-hybridized carbons (Fsp3) is 0.278. The van der Waals surface area contributed by atoms with Crippen LogP contribution in [-0.2, 0) is 21.4 Å². The lowest BCUT2D eigenvalue weighted by Gasteiger charge is -2.22. The number of nitrogens with zero attached hydrogens (tertiary/aromatic N) is 1. The van der Waals surface area contributed by atoms with E-state index in [0.717, 1.165) is 22.0 Å². The highest BCUT2D eigenvalue weighted by molar-refractivity contribution is 7.89. The van der Waals surface area contributed by atoms with E-state index in [1.54, 1.807) is 24.4 Å². The van der Waals surface area contributed by atoms with Crippen molar-refractivity contribution >= 4 is 15.9 Å². The van der Waals surface area contributed by atoms with Gasteiger partial charge in [0.05, 0.1) is 11.4 Å². The van der Waals surface area contributed by atoms with Gasteiger partial charge in [-0.1, -0.05) is 29.8 Å². The number of hydrogen-bond acceptors (Lipinski definition) is 3. The predicted molar refractivity (Wildman–Crippen MR) is 94.2 cm³/mol. The molecule has 152 valence electrons. The van der Waals surface area contributed by atoms with Gasteiger partial charge < -0.3 is 5.32 Å². The Bertz CT molecular complexity index is 911. The molecule has 2 aromatic rings. The van der Waals surface area contributed by atoms with Gasteiger partial charge >= 0.3 is 6.18 Å². The largest absolute Gasteiger partial charge is 0.405 e. The first-order chi connectivity index (χ1) is 13.0. The minimum absolute atomic E-state index is 0.108. The lowest BCUT2D eigenvalue weighted by molar-refractivity contribution is -0.138. The van der Waals surface area contributed by atoms with Crippen LogP contribution in [0.5, 0.6) is 0 Å². The summed E-state index contributed by atoms with van der Waals surface area (Å²) in [4.78, 5) is 11.8. The SMILES string of the molecule is Cc1ccc(S(=O)(=O)N(CC(=O)NCC(F)(F)F)Cc2ccc(F)cc2)cc1. The topological polar surface area (TPSA) is 66.5 Å². The standard InChI is InChI=1S/C18H18F4N2O3S/c1-13-2-8-16(9-3-13)28(26,27)24(10-14-4-6-15(19)7-5-14)11-17(25)23-12-18(20,21)22/h2-9H,10-12H2,1H3,(H,23,25). The molecule has 0 aliphatic carbocycles. The van der Waals surface area contributed by atoms with E-state index in [1.165, 1.54) is 24.3 Å². The van der Waals surface area contributed by atoms with Crippen LogP contribution in [0.25, 0.3) is 0 Å². The molecule has 5 nitrogen and oxygen atoms in total. The second kappa shape index (κ2) is 8.70. The fourth-order valence-corrected chi connectivity index (χ4v) is 3.68. The summed E-state index contributed by atoms with van der Waals surface area (Å²) < 4.78 is 76.5. The van der Waals surface area contributed by atoms with Crippen molar-refractivity contribution in [2.24, 2.45) is 0 Å². The molecule has 0 fully saturated rings. The van der Waals surface area contributed by atoms with Crippen molar-refractivity contribution in [3.05, 3.63) is 65.5 Å². The second-order valence-electron chi connectivity index (χ2n) is 6.10. The summed E-state index contributed by atoms with van der Waals surface area (Å²) in [6.07, 6.45) is -4.62. The van der Waals surface area contributed by atoms with E-state index in [-0.39, 0.29) is 11.4 Å². The Kier molecular flexibility index (Phi) is 6.78. The molecular formula is C18H18F4N2O3S. The fourth-order valence-electron chi connectivity index (χ4n) is 2.29. The van der Waals surface area contributed by atoms with Crippen LogP contribution in [0.4, 0.5) is 17.6 Å². The van der Waals surface area contributed by atoms with E-state index in [2.05, 4.69) is 0 Å². The number of amides is 1. The van der Waals surface area contributed by atoms with Crippen LogP contribution in [0.1, 0.15) is 11.1 Å². The van der Waals surface area contributed by atoms with Gasteiger partial charge in [-0.3, -0.25) is 4.79 Å². The van der Waals surface area contributed by atoms with Crippen LogP contribution >= 0.6 is 0 Å². The van der Waals surface area contributed by atoms with Crippen molar-refractivity contribution in [3.63, 3.8) is 0 Å². The summed E-state index contributed by atoms with van der Waals surface area (Å²) in [6, 6.07) is 10.7. The van der Waals surface area contributed by atoms with E-state index < -0.39 is 41.0 Å². The van der Waals surface area contributed by atoms with E-state index in [4.69, 9.17) is 0 Å². The Balaban J connectivity index is 2.28. The Morgan fingerprint density at radius 3 is 2.14 bits per heavy atom. The van der Waals surface area contributed by atoms with Crippen LogP contribution in [0.2, 0.25) is 0 Å². The minimum atomic E-state index is -4.62. The predicted octanol–water partition coefficient (Wildman–Crippen LogP) is 3.00. The van der Waals surface area contributed by atoms with Crippen molar-refractivity contribution < 1.29 is 30.8 Å². The van der Waals surface area contributed by atoms with Crippen molar-refractivity contribution in [2.75, 3.05) is 13.1 Å². The summed E-state index contributed by atoms with van der Waals surface area (Å²) in [7, 11) is -4.18. The second-order valence-corrected chi connectivity index (χ2v) is 8.04. The molecule has 2 rings (SSSR count). The molecule has 0 aliphatic heterocycles. The van der Waals surface area contributed by atoms with Gasteiger partial charge in [-0.15, -0.1) is 0 Å². The average Bonchev–Trinajstić information content (AvgIpc) is 2.61. The minimum Gasteiger partial charge on any atom is -0.346 e. The number of alkyl halides is 3. The number of carbonyl (C=O) groups excluding carboxylic acids is 1. The van der Waals surface area contributed by atoms with Crippen LogP contribution in [0.3, 0.4) is 0 Å². The number of nitrogens with one attached hydrogen (secondary N) is 1. The zero-order valence-corrected chi connectivity index (χ0v) is 15.6. The molecule has 1 N–H and O–H groups in total. The average molecular weight is 418 g/mol. The highest BCUT2D eigenvalue weighted by Gasteiger charge is 2.30. The lowest BCUT2D eigenvalue weighted by atomic mass is 10.2. The van der Waals surface area contributed by atoms with Crippen LogP contribution in [0.15, 0.2) is 53.4 Å². The Hall–Kier alpha value is -2.46. The Labute approximate surface area is 160 Å². The molecule has 0 heterocycles. The highest BCUT2D eigenvalue weighted by Crippen LogP contribution is 2.19. The maximum absolute atomic E-state index is 13.1. The van der Waals surface area contributed by atoms with Gasteiger partial charge in [0.1, 0.15) is 12.4 Å². The third-order valence-corrected chi connectivity index (χ3v) is 5.54. The summed E-state index contributed by atoms with van der Waals surface area (Å²) in [6.45, 7) is -0.933. The zero-order valence-electron chi connectivity index (χ0n) is 14.8. The first-order valence-corrected chi connectivity index (χ1v) is 9.56. The molecule has 0 radical (unpaired) electrons.